The van der Waals surface area contributed by atoms with Crippen LogP contribution in [-0.4, -0.2) is 16.8 Å². The molecule has 2 aromatic carbocycles. The summed E-state index contributed by atoms with van der Waals surface area (Å²) in [5, 5.41) is 0. The van der Waals surface area contributed by atoms with Crippen LogP contribution in [0.4, 0.5) is 0 Å². The van der Waals surface area contributed by atoms with E-state index >= 15 is 0 Å². The van der Waals surface area contributed by atoms with Gasteiger partial charge in [-0.15, -0.1) is 0 Å². The summed E-state index contributed by atoms with van der Waals surface area (Å²) in [7, 11) is 0. The van der Waals surface area contributed by atoms with Crippen LogP contribution in [0.25, 0.3) is 22.3 Å². The van der Waals surface area contributed by atoms with E-state index in [9.17, 15) is 9.59 Å². The number of carbonyl (C=O) groups is 2. The third-order valence-electron chi connectivity index (χ3n) is 4.28. The smallest absolute Gasteiger partial charge is 0.306 e. The zero-order valence-electron chi connectivity index (χ0n) is 14.8. The molecule has 28 heavy (non-hydrogen) atoms. The Bertz CT molecular complexity index is 1080. The highest BCUT2D eigenvalue weighted by atomic mass is 16.3. The lowest BCUT2D eigenvalue weighted by atomic mass is 9.96. The summed E-state index contributed by atoms with van der Waals surface area (Å²) in [5.74, 6) is -0.868. The molecule has 4 rings (SSSR count). The summed E-state index contributed by atoms with van der Waals surface area (Å²) < 4.78 is 5.62. The standard InChI is InChI=1S/C22H17N3O3/c26-21(18-12-7-13-23-18)24-25-22(27)20-19(16-10-5-2-6-11-16)17(14-28-20)15-8-3-1-4-9-15/h1-14,23H,(H,24,26)(H,25,27). The van der Waals surface area contributed by atoms with Gasteiger partial charge in [-0.1, -0.05) is 60.7 Å². The lowest BCUT2D eigenvalue weighted by Crippen LogP contribution is -2.41. The molecule has 2 aromatic heterocycles. The van der Waals surface area contributed by atoms with Crippen LogP contribution in [0.1, 0.15) is 21.0 Å². The van der Waals surface area contributed by atoms with Crippen molar-refractivity contribution in [2.24, 2.45) is 0 Å². The Balaban J connectivity index is 1.66. The quantitative estimate of drug-likeness (QED) is 0.474. The maximum Gasteiger partial charge on any atom is 0.306 e. The maximum absolute atomic E-state index is 12.7. The van der Waals surface area contributed by atoms with E-state index in [0.29, 0.717) is 11.3 Å². The number of hydrogen-bond acceptors (Lipinski definition) is 3. The van der Waals surface area contributed by atoms with Gasteiger partial charge in [-0.25, -0.2) is 0 Å². The molecule has 4 aromatic rings. The van der Waals surface area contributed by atoms with Crippen molar-refractivity contribution in [2.45, 2.75) is 0 Å². The van der Waals surface area contributed by atoms with Gasteiger partial charge in [0.05, 0.1) is 6.26 Å². The van der Waals surface area contributed by atoms with Gasteiger partial charge in [0.25, 0.3) is 5.91 Å². The molecule has 0 aliphatic heterocycles. The summed E-state index contributed by atoms with van der Waals surface area (Å²) in [4.78, 5) is 27.5. The van der Waals surface area contributed by atoms with Gasteiger partial charge in [0.1, 0.15) is 5.69 Å². The van der Waals surface area contributed by atoms with Crippen molar-refractivity contribution in [2.75, 3.05) is 0 Å². The summed E-state index contributed by atoms with van der Waals surface area (Å²) >= 11 is 0. The van der Waals surface area contributed by atoms with Crippen LogP contribution in [0, 0.1) is 0 Å². The second kappa shape index (κ2) is 7.67. The van der Waals surface area contributed by atoms with Gasteiger partial charge in [0, 0.05) is 17.3 Å². The molecule has 0 aliphatic carbocycles. The highest BCUT2D eigenvalue weighted by Crippen LogP contribution is 2.36. The van der Waals surface area contributed by atoms with E-state index in [2.05, 4.69) is 15.8 Å². The van der Waals surface area contributed by atoms with Crippen molar-refractivity contribution in [1.82, 2.24) is 15.8 Å². The Morgan fingerprint density at radius 1 is 0.750 bits per heavy atom. The number of carbonyl (C=O) groups excluding carboxylic acids is 2. The predicted octanol–water partition coefficient (Wildman–Crippen LogP) is 4.02. The van der Waals surface area contributed by atoms with Crippen molar-refractivity contribution in [1.29, 1.82) is 0 Å². The minimum absolute atomic E-state index is 0.122. The fourth-order valence-electron chi connectivity index (χ4n) is 2.96. The monoisotopic (exact) mass is 371 g/mol. The zero-order valence-corrected chi connectivity index (χ0v) is 14.8. The molecule has 0 radical (unpaired) electrons. The number of hydrogen-bond donors (Lipinski definition) is 3. The van der Waals surface area contributed by atoms with Gasteiger partial charge < -0.3 is 9.40 Å². The molecule has 2 amide bonds. The topological polar surface area (TPSA) is 87.1 Å². The van der Waals surface area contributed by atoms with E-state index in [1.165, 1.54) is 0 Å². The van der Waals surface area contributed by atoms with Crippen LogP contribution in [0.15, 0.2) is 89.7 Å². The second-order valence-electron chi connectivity index (χ2n) is 6.08. The highest BCUT2D eigenvalue weighted by molar-refractivity contribution is 6.04. The first-order chi connectivity index (χ1) is 13.7. The van der Waals surface area contributed by atoms with Crippen LogP contribution < -0.4 is 10.9 Å². The van der Waals surface area contributed by atoms with E-state index in [0.717, 1.165) is 16.7 Å². The second-order valence-corrected chi connectivity index (χ2v) is 6.08. The summed E-state index contributed by atoms with van der Waals surface area (Å²) in [5.41, 5.74) is 8.37. The SMILES string of the molecule is O=C(NNC(=O)c1occ(-c2ccccc2)c1-c1ccccc1)c1ccc[nH]1. The summed E-state index contributed by atoms with van der Waals surface area (Å²) in [6.07, 6.45) is 3.18. The van der Waals surface area contributed by atoms with Crippen LogP contribution in [0.3, 0.4) is 0 Å². The molecular weight excluding hydrogens is 354 g/mol. The van der Waals surface area contributed by atoms with E-state index in [1.807, 2.05) is 60.7 Å². The number of furan rings is 1. The number of H-pyrrole nitrogens is 1. The van der Waals surface area contributed by atoms with E-state index < -0.39 is 11.8 Å². The van der Waals surface area contributed by atoms with Crippen molar-refractivity contribution < 1.29 is 14.0 Å². The number of nitrogens with one attached hydrogen (secondary N) is 3. The molecule has 0 bridgehead atoms. The third kappa shape index (κ3) is 3.43. The molecule has 6 heteroatoms. The Morgan fingerprint density at radius 2 is 1.39 bits per heavy atom. The van der Waals surface area contributed by atoms with Gasteiger partial charge in [-0.3, -0.25) is 20.4 Å². The van der Waals surface area contributed by atoms with Gasteiger partial charge in [-0.05, 0) is 23.3 Å². The van der Waals surface area contributed by atoms with E-state index in [1.54, 1.807) is 24.6 Å². The van der Waals surface area contributed by atoms with Gasteiger partial charge >= 0.3 is 5.91 Å². The number of hydrazine groups is 1. The molecule has 0 atom stereocenters. The van der Waals surface area contributed by atoms with E-state index in [-0.39, 0.29) is 5.76 Å². The highest BCUT2D eigenvalue weighted by Gasteiger charge is 2.23. The average Bonchev–Trinajstić information content (AvgIpc) is 3.43. The lowest BCUT2D eigenvalue weighted by molar-refractivity contribution is 0.0829. The average molecular weight is 371 g/mol. The number of aromatic amines is 1. The minimum atomic E-state index is -0.541. The van der Waals surface area contributed by atoms with Crippen molar-refractivity contribution in [3.63, 3.8) is 0 Å². The minimum Gasteiger partial charge on any atom is -0.458 e. The normalized spacial score (nSPS) is 10.4. The van der Waals surface area contributed by atoms with Crippen molar-refractivity contribution >= 4 is 11.8 Å². The fourth-order valence-corrected chi connectivity index (χ4v) is 2.96. The molecule has 0 saturated carbocycles. The Morgan fingerprint density at radius 3 is 2.04 bits per heavy atom. The molecule has 0 aliphatic rings. The number of benzene rings is 2. The first-order valence-electron chi connectivity index (χ1n) is 8.70. The summed E-state index contributed by atoms with van der Waals surface area (Å²) in [6, 6.07) is 22.5. The first-order valence-corrected chi connectivity index (χ1v) is 8.70. The zero-order chi connectivity index (χ0) is 19.3. The molecule has 0 spiro atoms. The molecule has 6 nitrogen and oxygen atoms in total. The Labute approximate surface area is 161 Å². The van der Waals surface area contributed by atoms with Gasteiger partial charge in [0.15, 0.2) is 0 Å². The molecule has 0 saturated heterocycles. The predicted molar refractivity (Wildman–Crippen MR) is 105 cm³/mol. The van der Waals surface area contributed by atoms with Crippen LogP contribution in [-0.2, 0) is 0 Å². The number of rotatable bonds is 4. The number of aromatic nitrogens is 1. The lowest BCUT2D eigenvalue weighted by Gasteiger charge is -2.08. The van der Waals surface area contributed by atoms with Crippen LogP contribution >= 0.6 is 0 Å². The molecule has 3 N–H and O–H groups in total. The van der Waals surface area contributed by atoms with Crippen LogP contribution in [0.2, 0.25) is 0 Å². The van der Waals surface area contributed by atoms with Crippen molar-refractivity contribution in [3.8, 4) is 22.3 Å². The van der Waals surface area contributed by atoms with Gasteiger partial charge in [-0.2, -0.15) is 0 Å². The Kier molecular flexibility index (Phi) is 4.76. The molecular formula is C22H17N3O3. The molecule has 2 heterocycles. The largest absolute Gasteiger partial charge is 0.458 e. The van der Waals surface area contributed by atoms with Crippen LogP contribution in [0.5, 0.6) is 0 Å². The summed E-state index contributed by atoms with van der Waals surface area (Å²) in [6.45, 7) is 0. The fraction of sp³-hybridized carbons (Fsp3) is 0. The van der Waals surface area contributed by atoms with Gasteiger partial charge in [0.2, 0.25) is 5.76 Å². The van der Waals surface area contributed by atoms with E-state index in [4.69, 9.17) is 4.42 Å². The first kappa shape index (κ1) is 17.4. The molecule has 0 unspecified atom stereocenters. The number of amides is 2. The molecule has 0 fully saturated rings. The Hall–Kier alpha value is -4.06. The third-order valence-corrected chi connectivity index (χ3v) is 4.28. The maximum atomic E-state index is 12.7. The van der Waals surface area contributed by atoms with Crippen molar-refractivity contribution in [3.05, 3.63) is 96.7 Å². The molecule has 138 valence electrons.